The standard InChI is InChI=1S/C20H22N2/c1-4-15(5-2)17-10-14(3)11-18(12-17)20-13-16-8-6-7-9-19(16)21-22-20/h6-13,15H,4-5H2,1-3H3. The minimum atomic E-state index is 0.618. The maximum atomic E-state index is 4.42. The Morgan fingerprint density at radius 1 is 0.909 bits per heavy atom. The zero-order valence-corrected chi connectivity index (χ0v) is 13.5. The van der Waals surface area contributed by atoms with Crippen molar-refractivity contribution in [3.05, 3.63) is 59.7 Å². The molecule has 3 rings (SSSR count). The number of benzene rings is 2. The molecule has 3 aromatic rings. The van der Waals surface area contributed by atoms with Crippen LogP contribution in [0, 0.1) is 6.92 Å². The Kier molecular flexibility index (Phi) is 4.19. The summed E-state index contributed by atoms with van der Waals surface area (Å²) in [5.41, 5.74) is 5.76. The van der Waals surface area contributed by atoms with Crippen LogP contribution in [0.25, 0.3) is 22.2 Å². The maximum absolute atomic E-state index is 4.42. The predicted octanol–water partition coefficient (Wildman–Crippen LogP) is 5.51. The summed E-state index contributed by atoms with van der Waals surface area (Å²) < 4.78 is 0. The van der Waals surface area contributed by atoms with Crippen LogP contribution in [0.1, 0.15) is 43.7 Å². The molecule has 0 atom stereocenters. The molecular formula is C20H22N2. The Bertz CT molecular complexity index is 789. The zero-order chi connectivity index (χ0) is 15.5. The summed E-state index contributed by atoms with van der Waals surface area (Å²) in [4.78, 5) is 0. The van der Waals surface area contributed by atoms with E-state index < -0.39 is 0 Å². The van der Waals surface area contributed by atoms with Crippen LogP contribution in [0.2, 0.25) is 0 Å². The van der Waals surface area contributed by atoms with Gasteiger partial charge in [-0.25, -0.2) is 0 Å². The Balaban J connectivity index is 2.09. The summed E-state index contributed by atoms with van der Waals surface area (Å²) in [6.45, 7) is 6.67. The fraction of sp³-hybridized carbons (Fsp3) is 0.300. The third-order valence-electron chi connectivity index (χ3n) is 4.35. The molecule has 0 aliphatic heterocycles. The second-order valence-electron chi connectivity index (χ2n) is 5.93. The number of aryl methyl sites for hydroxylation is 1. The van der Waals surface area contributed by atoms with E-state index in [2.05, 4.69) is 61.3 Å². The molecule has 0 fully saturated rings. The molecule has 0 saturated heterocycles. The van der Waals surface area contributed by atoms with Crippen molar-refractivity contribution in [1.29, 1.82) is 0 Å². The van der Waals surface area contributed by atoms with Crippen molar-refractivity contribution in [2.75, 3.05) is 0 Å². The highest BCUT2D eigenvalue weighted by Crippen LogP contribution is 2.29. The van der Waals surface area contributed by atoms with Gasteiger partial charge in [0.15, 0.2) is 0 Å². The first-order chi connectivity index (χ1) is 10.7. The molecule has 0 unspecified atom stereocenters. The SMILES string of the molecule is CCC(CC)c1cc(C)cc(-c2cc3ccccc3nn2)c1. The van der Waals surface area contributed by atoms with E-state index in [0.29, 0.717) is 5.92 Å². The van der Waals surface area contributed by atoms with Crippen LogP contribution in [0.15, 0.2) is 48.5 Å². The summed E-state index contributed by atoms with van der Waals surface area (Å²) in [5.74, 6) is 0.618. The average Bonchev–Trinajstić information content (AvgIpc) is 2.55. The number of nitrogens with zero attached hydrogens (tertiary/aromatic N) is 2. The Labute approximate surface area is 132 Å². The van der Waals surface area contributed by atoms with Gasteiger partial charge in [-0.15, -0.1) is 10.2 Å². The number of hydrogen-bond acceptors (Lipinski definition) is 2. The molecule has 0 spiro atoms. The van der Waals surface area contributed by atoms with Gasteiger partial charge in [-0.3, -0.25) is 0 Å². The van der Waals surface area contributed by atoms with Crippen molar-refractivity contribution in [1.82, 2.24) is 10.2 Å². The van der Waals surface area contributed by atoms with Crippen molar-refractivity contribution in [2.45, 2.75) is 39.5 Å². The lowest BCUT2D eigenvalue weighted by molar-refractivity contribution is 0.641. The molecule has 112 valence electrons. The van der Waals surface area contributed by atoms with Crippen molar-refractivity contribution < 1.29 is 0 Å². The second kappa shape index (κ2) is 6.27. The highest BCUT2D eigenvalue weighted by molar-refractivity contribution is 5.81. The summed E-state index contributed by atoms with van der Waals surface area (Å²) in [5, 5.41) is 9.91. The number of hydrogen-bond donors (Lipinski definition) is 0. The summed E-state index contributed by atoms with van der Waals surface area (Å²) in [6, 6.07) is 17.0. The highest BCUT2D eigenvalue weighted by atomic mass is 15.1. The van der Waals surface area contributed by atoms with Gasteiger partial charge in [0.25, 0.3) is 0 Å². The monoisotopic (exact) mass is 290 g/mol. The van der Waals surface area contributed by atoms with Gasteiger partial charge in [-0.1, -0.05) is 43.7 Å². The molecule has 22 heavy (non-hydrogen) atoms. The van der Waals surface area contributed by atoms with Crippen molar-refractivity contribution in [3.63, 3.8) is 0 Å². The lowest BCUT2D eigenvalue weighted by Gasteiger charge is -2.15. The molecule has 2 heteroatoms. The Morgan fingerprint density at radius 2 is 1.68 bits per heavy atom. The molecule has 0 saturated carbocycles. The fourth-order valence-corrected chi connectivity index (χ4v) is 3.08. The highest BCUT2D eigenvalue weighted by Gasteiger charge is 2.10. The van der Waals surface area contributed by atoms with Gasteiger partial charge in [0, 0.05) is 10.9 Å². The topological polar surface area (TPSA) is 25.8 Å². The van der Waals surface area contributed by atoms with E-state index in [1.54, 1.807) is 0 Å². The van der Waals surface area contributed by atoms with E-state index in [1.807, 2.05) is 18.2 Å². The minimum Gasteiger partial charge on any atom is -0.150 e. The molecule has 2 nitrogen and oxygen atoms in total. The average molecular weight is 290 g/mol. The van der Waals surface area contributed by atoms with E-state index in [9.17, 15) is 0 Å². The first-order valence-corrected chi connectivity index (χ1v) is 8.05. The summed E-state index contributed by atoms with van der Waals surface area (Å²) in [6.07, 6.45) is 2.34. The van der Waals surface area contributed by atoms with Gasteiger partial charge >= 0.3 is 0 Å². The molecule has 0 amide bonds. The third-order valence-corrected chi connectivity index (χ3v) is 4.35. The molecule has 1 heterocycles. The van der Waals surface area contributed by atoms with E-state index in [1.165, 1.54) is 29.5 Å². The summed E-state index contributed by atoms with van der Waals surface area (Å²) >= 11 is 0. The van der Waals surface area contributed by atoms with Crippen LogP contribution in [-0.2, 0) is 0 Å². The Morgan fingerprint density at radius 3 is 2.45 bits per heavy atom. The van der Waals surface area contributed by atoms with E-state index in [0.717, 1.165) is 16.6 Å². The van der Waals surface area contributed by atoms with Crippen LogP contribution in [0.4, 0.5) is 0 Å². The van der Waals surface area contributed by atoms with E-state index in [4.69, 9.17) is 0 Å². The van der Waals surface area contributed by atoms with Crippen LogP contribution in [0.3, 0.4) is 0 Å². The lowest BCUT2D eigenvalue weighted by Crippen LogP contribution is -1.98. The van der Waals surface area contributed by atoms with Gasteiger partial charge in [0.05, 0.1) is 11.2 Å². The van der Waals surface area contributed by atoms with E-state index in [-0.39, 0.29) is 0 Å². The van der Waals surface area contributed by atoms with Crippen molar-refractivity contribution in [2.24, 2.45) is 0 Å². The molecule has 0 bridgehead atoms. The Hall–Kier alpha value is -2.22. The van der Waals surface area contributed by atoms with Gasteiger partial charge in [-0.2, -0.15) is 0 Å². The molecule has 1 aromatic heterocycles. The van der Waals surface area contributed by atoms with Gasteiger partial charge in [-0.05, 0) is 55.5 Å². The maximum Gasteiger partial charge on any atom is 0.0936 e. The quantitative estimate of drug-likeness (QED) is 0.633. The normalized spacial score (nSPS) is 11.3. The number of aromatic nitrogens is 2. The van der Waals surface area contributed by atoms with Crippen LogP contribution >= 0.6 is 0 Å². The first kappa shape index (κ1) is 14.7. The first-order valence-electron chi connectivity index (χ1n) is 8.05. The van der Waals surface area contributed by atoms with Crippen molar-refractivity contribution >= 4 is 10.9 Å². The van der Waals surface area contributed by atoms with Crippen molar-refractivity contribution in [3.8, 4) is 11.3 Å². The van der Waals surface area contributed by atoms with Crippen LogP contribution < -0.4 is 0 Å². The molecular weight excluding hydrogens is 268 g/mol. The predicted molar refractivity (Wildman–Crippen MR) is 93.0 cm³/mol. The number of rotatable bonds is 4. The smallest absolute Gasteiger partial charge is 0.0936 e. The molecule has 0 aliphatic carbocycles. The second-order valence-corrected chi connectivity index (χ2v) is 5.93. The van der Waals surface area contributed by atoms with Gasteiger partial charge in [0.2, 0.25) is 0 Å². The van der Waals surface area contributed by atoms with Gasteiger partial charge in [0.1, 0.15) is 0 Å². The third kappa shape index (κ3) is 2.87. The number of fused-ring (bicyclic) bond motifs is 1. The molecule has 0 aliphatic rings. The summed E-state index contributed by atoms with van der Waals surface area (Å²) in [7, 11) is 0. The molecule has 0 N–H and O–H groups in total. The van der Waals surface area contributed by atoms with Crippen LogP contribution in [0.5, 0.6) is 0 Å². The van der Waals surface area contributed by atoms with E-state index >= 15 is 0 Å². The fourth-order valence-electron chi connectivity index (χ4n) is 3.08. The van der Waals surface area contributed by atoms with Gasteiger partial charge < -0.3 is 0 Å². The lowest BCUT2D eigenvalue weighted by atomic mass is 9.90. The zero-order valence-electron chi connectivity index (χ0n) is 13.5. The minimum absolute atomic E-state index is 0.618. The molecule has 0 radical (unpaired) electrons. The molecule has 2 aromatic carbocycles. The largest absolute Gasteiger partial charge is 0.150 e. The van der Waals surface area contributed by atoms with Crippen LogP contribution in [-0.4, -0.2) is 10.2 Å².